The van der Waals surface area contributed by atoms with Crippen LogP contribution in [0.2, 0.25) is 0 Å². The van der Waals surface area contributed by atoms with Crippen LogP contribution in [0.4, 0.5) is 11.6 Å². The van der Waals surface area contributed by atoms with Gasteiger partial charge in [-0.05, 0) is 26.0 Å². The Labute approximate surface area is 170 Å². The van der Waals surface area contributed by atoms with Crippen LogP contribution in [0.3, 0.4) is 0 Å². The average Bonchev–Trinajstić information content (AvgIpc) is 2.99. The lowest BCUT2D eigenvalue weighted by Gasteiger charge is -2.10. The first-order valence-electron chi connectivity index (χ1n) is 8.59. The van der Waals surface area contributed by atoms with Gasteiger partial charge in [-0.3, -0.25) is 19.6 Å². The summed E-state index contributed by atoms with van der Waals surface area (Å²) >= 11 is 0. The molecule has 30 heavy (non-hydrogen) atoms. The third-order valence-electron chi connectivity index (χ3n) is 4.03. The molecule has 158 valence electrons. The highest BCUT2D eigenvalue weighted by molar-refractivity contribution is 7.92. The maximum atomic E-state index is 12.3. The van der Waals surface area contributed by atoms with Gasteiger partial charge in [-0.25, -0.2) is 18.3 Å². The Morgan fingerprint density at radius 3 is 2.60 bits per heavy atom. The van der Waals surface area contributed by atoms with E-state index in [4.69, 9.17) is 9.15 Å². The van der Waals surface area contributed by atoms with Crippen LogP contribution in [0.15, 0.2) is 33.5 Å². The van der Waals surface area contributed by atoms with Gasteiger partial charge in [0, 0.05) is 0 Å². The summed E-state index contributed by atoms with van der Waals surface area (Å²) < 4.78 is 35.5. The highest BCUT2D eigenvalue weighted by Crippen LogP contribution is 2.28. The fraction of sp³-hybridized carbons (Fsp3) is 0.222. The monoisotopic (exact) mass is 434 g/mol. The third kappa shape index (κ3) is 4.49. The number of esters is 1. The van der Waals surface area contributed by atoms with Crippen LogP contribution >= 0.6 is 0 Å². The van der Waals surface area contributed by atoms with E-state index in [1.54, 1.807) is 13.8 Å². The highest BCUT2D eigenvalue weighted by Gasteiger charge is 2.20. The fourth-order valence-electron chi connectivity index (χ4n) is 2.85. The Hall–Kier alpha value is -3.67. The van der Waals surface area contributed by atoms with Crippen molar-refractivity contribution in [1.82, 2.24) is 10.2 Å². The summed E-state index contributed by atoms with van der Waals surface area (Å²) in [6, 6.07) is 5.80. The van der Waals surface area contributed by atoms with Crippen LogP contribution < -0.4 is 15.6 Å². The van der Waals surface area contributed by atoms with Crippen LogP contribution in [-0.2, 0) is 19.6 Å². The number of anilines is 2. The van der Waals surface area contributed by atoms with Crippen molar-refractivity contribution in [3.8, 4) is 0 Å². The van der Waals surface area contributed by atoms with Crippen molar-refractivity contribution in [2.45, 2.75) is 13.8 Å². The van der Waals surface area contributed by atoms with Crippen molar-refractivity contribution in [1.29, 1.82) is 0 Å². The number of ether oxygens (including phenoxy) is 1. The molecule has 3 rings (SSSR count). The third-order valence-corrected chi connectivity index (χ3v) is 4.62. The molecule has 12 heteroatoms. The predicted octanol–water partition coefficient (Wildman–Crippen LogP) is 1.30. The highest BCUT2D eigenvalue weighted by atomic mass is 32.2. The number of para-hydroxylation sites is 1. The number of aromatic nitrogens is 2. The average molecular weight is 434 g/mol. The molecule has 0 atom stereocenters. The number of benzene rings is 1. The maximum absolute atomic E-state index is 12.3. The van der Waals surface area contributed by atoms with E-state index in [2.05, 4.69) is 20.2 Å². The van der Waals surface area contributed by atoms with Gasteiger partial charge in [-0.1, -0.05) is 12.1 Å². The Kier molecular flexibility index (Phi) is 5.60. The number of carbonyl (C=O) groups is 2. The van der Waals surface area contributed by atoms with Gasteiger partial charge in [0.25, 0.3) is 11.5 Å². The molecular formula is C18H18N4O7S. The zero-order chi connectivity index (χ0) is 22.1. The molecule has 0 aliphatic carbocycles. The summed E-state index contributed by atoms with van der Waals surface area (Å²) in [5, 5.41) is 9.16. The molecule has 1 aromatic carbocycles. The molecule has 3 N–H and O–H groups in total. The van der Waals surface area contributed by atoms with Gasteiger partial charge in [0.05, 0.1) is 28.6 Å². The molecule has 0 fully saturated rings. The SMILES string of the molecule is Cc1n[nH]c(=O)c2c(NC(=O)COC(=O)c3ccccc3NS(C)(=O)=O)oc(C)c12. The first-order valence-corrected chi connectivity index (χ1v) is 10.5. The number of aryl methyl sites for hydroxylation is 2. The number of aromatic amines is 1. The topological polar surface area (TPSA) is 160 Å². The van der Waals surface area contributed by atoms with Crippen molar-refractivity contribution in [2.75, 3.05) is 22.9 Å². The number of amides is 1. The number of furan rings is 1. The summed E-state index contributed by atoms with van der Waals surface area (Å²) in [6.07, 6.45) is 0.942. The van der Waals surface area contributed by atoms with Crippen LogP contribution in [0.5, 0.6) is 0 Å². The first kappa shape index (κ1) is 21.0. The van der Waals surface area contributed by atoms with Gasteiger partial charge >= 0.3 is 5.97 Å². The van der Waals surface area contributed by atoms with E-state index in [0.717, 1.165) is 6.26 Å². The lowest BCUT2D eigenvalue weighted by atomic mass is 10.2. The number of H-pyrrole nitrogens is 1. The molecule has 0 saturated heterocycles. The molecule has 3 aromatic rings. The van der Waals surface area contributed by atoms with Crippen LogP contribution in [0.25, 0.3) is 10.8 Å². The van der Waals surface area contributed by atoms with Crippen molar-refractivity contribution < 1.29 is 27.2 Å². The van der Waals surface area contributed by atoms with E-state index >= 15 is 0 Å². The Bertz CT molecular complexity index is 1310. The second kappa shape index (κ2) is 7.99. The van der Waals surface area contributed by atoms with Crippen molar-refractivity contribution in [3.05, 3.63) is 51.6 Å². The minimum Gasteiger partial charge on any atom is -0.452 e. The summed E-state index contributed by atoms with van der Waals surface area (Å²) in [4.78, 5) is 36.6. The van der Waals surface area contributed by atoms with Gasteiger partial charge in [-0.2, -0.15) is 5.10 Å². The minimum absolute atomic E-state index is 0.0209. The molecular weight excluding hydrogens is 416 g/mol. The molecule has 0 bridgehead atoms. The summed E-state index contributed by atoms with van der Waals surface area (Å²) in [5.41, 5.74) is -0.0611. The predicted molar refractivity (Wildman–Crippen MR) is 108 cm³/mol. The van der Waals surface area contributed by atoms with Gasteiger partial charge in [-0.15, -0.1) is 0 Å². The van der Waals surface area contributed by atoms with E-state index in [0.29, 0.717) is 16.8 Å². The number of nitrogens with one attached hydrogen (secondary N) is 3. The molecule has 0 radical (unpaired) electrons. The van der Waals surface area contributed by atoms with E-state index in [1.165, 1.54) is 24.3 Å². The van der Waals surface area contributed by atoms with Crippen LogP contribution in [-0.4, -0.2) is 43.4 Å². The molecule has 0 spiro atoms. The normalized spacial score (nSPS) is 11.3. The Balaban J connectivity index is 1.74. The van der Waals surface area contributed by atoms with Crippen molar-refractivity contribution in [3.63, 3.8) is 0 Å². The molecule has 2 heterocycles. The molecule has 0 aliphatic heterocycles. The Morgan fingerprint density at radius 2 is 1.90 bits per heavy atom. The van der Waals surface area contributed by atoms with Crippen molar-refractivity contribution in [2.24, 2.45) is 0 Å². The number of fused-ring (bicyclic) bond motifs is 1. The number of carbonyl (C=O) groups excluding carboxylic acids is 2. The van der Waals surface area contributed by atoms with Gasteiger partial charge in [0.15, 0.2) is 6.61 Å². The molecule has 0 aliphatic rings. The van der Waals surface area contributed by atoms with Crippen LogP contribution in [0, 0.1) is 13.8 Å². The van der Waals surface area contributed by atoms with Gasteiger partial charge in [0.1, 0.15) is 11.1 Å². The van der Waals surface area contributed by atoms with Crippen LogP contribution in [0.1, 0.15) is 21.8 Å². The maximum Gasteiger partial charge on any atom is 0.340 e. The number of hydrogen-bond donors (Lipinski definition) is 3. The summed E-state index contributed by atoms with van der Waals surface area (Å²) in [7, 11) is -3.62. The summed E-state index contributed by atoms with van der Waals surface area (Å²) in [5.74, 6) is -1.35. The number of hydrogen-bond acceptors (Lipinski definition) is 8. The second-order valence-electron chi connectivity index (χ2n) is 6.42. The first-order chi connectivity index (χ1) is 14.1. The summed E-state index contributed by atoms with van der Waals surface area (Å²) in [6.45, 7) is 2.61. The van der Waals surface area contributed by atoms with E-state index < -0.39 is 34.1 Å². The lowest BCUT2D eigenvalue weighted by Crippen LogP contribution is -2.22. The molecule has 0 saturated carbocycles. The molecule has 2 aromatic heterocycles. The van der Waals surface area contributed by atoms with Crippen molar-refractivity contribution >= 4 is 44.2 Å². The smallest absolute Gasteiger partial charge is 0.340 e. The Morgan fingerprint density at radius 1 is 1.20 bits per heavy atom. The number of sulfonamides is 1. The quantitative estimate of drug-likeness (QED) is 0.489. The lowest BCUT2D eigenvalue weighted by molar-refractivity contribution is -0.119. The van der Waals surface area contributed by atoms with E-state index in [-0.39, 0.29) is 22.5 Å². The second-order valence-corrected chi connectivity index (χ2v) is 8.17. The zero-order valence-electron chi connectivity index (χ0n) is 16.2. The molecule has 0 unspecified atom stereocenters. The van der Waals surface area contributed by atoms with Gasteiger partial charge in [0.2, 0.25) is 15.9 Å². The fourth-order valence-corrected chi connectivity index (χ4v) is 3.43. The van der Waals surface area contributed by atoms with E-state index in [1.807, 2.05) is 0 Å². The minimum atomic E-state index is -3.62. The molecule has 1 amide bonds. The van der Waals surface area contributed by atoms with E-state index in [9.17, 15) is 22.8 Å². The zero-order valence-corrected chi connectivity index (χ0v) is 17.0. The molecule has 11 nitrogen and oxygen atoms in total. The number of nitrogens with zero attached hydrogens (tertiary/aromatic N) is 1. The number of rotatable bonds is 6. The van der Waals surface area contributed by atoms with Gasteiger partial charge < -0.3 is 9.15 Å². The standard InChI is InChI=1S/C18H18N4O7S/c1-9-14-10(2)29-17(15(14)16(24)21-20-9)19-13(23)8-28-18(25)11-6-4-5-7-12(11)22-30(3,26)27/h4-7,22H,8H2,1-3H3,(H,19,23)(H,21,24). The largest absolute Gasteiger partial charge is 0.452 e.